The second-order valence-corrected chi connectivity index (χ2v) is 5.25. The molecule has 0 radical (unpaired) electrons. The van der Waals surface area contributed by atoms with Gasteiger partial charge in [-0.1, -0.05) is 18.5 Å². The molecule has 19 heavy (non-hydrogen) atoms. The third kappa shape index (κ3) is 2.66. The summed E-state index contributed by atoms with van der Waals surface area (Å²) < 4.78 is 3.91. The minimum atomic E-state index is -0.582. The molecule has 0 fully saturated rings. The van der Waals surface area contributed by atoms with E-state index in [1.807, 2.05) is 6.92 Å². The molecule has 6 nitrogen and oxygen atoms in total. The van der Waals surface area contributed by atoms with Gasteiger partial charge in [0.25, 0.3) is 5.56 Å². The largest absolute Gasteiger partial charge is 0.328 e. The molecule has 0 aliphatic rings. The molecular formula is C11H12BrClN4O2. The lowest BCUT2D eigenvalue weighted by molar-refractivity contribution is 0.635. The number of hydrogen-bond donors (Lipinski definition) is 1. The van der Waals surface area contributed by atoms with Crippen molar-refractivity contribution in [2.24, 2.45) is 7.05 Å². The van der Waals surface area contributed by atoms with Crippen LogP contribution < -0.4 is 11.2 Å². The number of rotatable bonds is 3. The van der Waals surface area contributed by atoms with Gasteiger partial charge in [-0.2, -0.15) is 5.10 Å². The molecule has 0 aliphatic heterocycles. The fraction of sp³-hybridized carbons (Fsp3) is 0.364. The van der Waals surface area contributed by atoms with Crippen molar-refractivity contribution >= 4 is 27.5 Å². The first-order valence-corrected chi connectivity index (χ1v) is 6.80. The Bertz CT molecular complexity index is 731. The van der Waals surface area contributed by atoms with Crippen LogP contribution in [-0.2, 0) is 20.0 Å². The lowest BCUT2D eigenvalue weighted by Crippen LogP contribution is -2.30. The lowest BCUT2D eigenvalue weighted by Gasteiger charge is -2.06. The number of hydrogen-bond acceptors (Lipinski definition) is 3. The van der Waals surface area contributed by atoms with Crippen LogP contribution in [0.1, 0.15) is 18.3 Å². The van der Waals surface area contributed by atoms with Crippen LogP contribution >= 0.6 is 27.5 Å². The van der Waals surface area contributed by atoms with E-state index in [2.05, 4.69) is 26.0 Å². The zero-order valence-corrected chi connectivity index (χ0v) is 12.7. The van der Waals surface area contributed by atoms with Gasteiger partial charge in [0, 0.05) is 13.2 Å². The Morgan fingerprint density at radius 2 is 2.16 bits per heavy atom. The third-order valence-electron chi connectivity index (χ3n) is 2.79. The van der Waals surface area contributed by atoms with Gasteiger partial charge in [0.1, 0.15) is 5.02 Å². The zero-order chi connectivity index (χ0) is 14.2. The quantitative estimate of drug-likeness (QED) is 0.909. The number of aromatic nitrogens is 4. The molecule has 0 aromatic carbocycles. The first-order valence-electron chi connectivity index (χ1n) is 5.63. The van der Waals surface area contributed by atoms with E-state index in [4.69, 9.17) is 11.6 Å². The molecule has 2 rings (SSSR count). The minimum Gasteiger partial charge on any atom is -0.293 e. The molecule has 0 aliphatic carbocycles. The molecule has 2 heterocycles. The van der Waals surface area contributed by atoms with Crippen LogP contribution in [0.3, 0.4) is 0 Å². The predicted molar refractivity (Wildman–Crippen MR) is 75.7 cm³/mol. The molecule has 1 N–H and O–H groups in total. The first-order chi connectivity index (χ1) is 8.93. The van der Waals surface area contributed by atoms with E-state index >= 15 is 0 Å². The molecule has 0 saturated carbocycles. The van der Waals surface area contributed by atoms with Crippen molar-refractivity contribution in [2.45, 2.75) is 19.9 Å². The lowest BCUT2D eigenvalue weighted by atomic mass is 10.3. The summed E-state index contributed by atoms with van der Waals surface area (Å²) in [5, 5.41) is 4.32. The highest BCUT2D eigenvalue weighted by atomic mass is 79.9. The second-order valence-electron chi connectivity index (χ2n) is 4.05. The van der Waals surface area contributed by atoms with Crippen LogP contribution in [0.5, 0.6) is 0 Å². The Balaban J connectivity index is 2.48. The Morgan fingerprint density at radius 3 is 2.74 bits per heavy atom. The number of nitrogens with zero attached hydrogens (tertiary/aromatic N) is 3. The van der Waals surface area contributed by atoms with Crippen LogP contribution in [0.15, 0.2) is 20.3 Å². The van der Waals surface area contributed by atoms with Gasteiger partial charge in [0.15, 0.2) is 0 Å². The van der Waals surface area contributed by atoms with E-state index in [1.54, 1.807) is 11.7 Å². The van der Waals surface area contributed by atoms with Crippen molar-refractivity contribution in [3.05, 3.63) is 47.9 Å². The van der Waals surface area contributed by atoms with Crippen molar-refractivity contribution in [3.8, 4) is 0 Å². The highest BCUT2D eigenvalue weighted by Gasteiger charge is 2.14. The summed E-state index contributed by atoms with van der Waals surface area (Å²) in [6.45, 7) is 2.28. The van der Waals surface area contributed by atoms with Crippen molar-refractivity contribution in [2.75, 3.05) is 0 Å². The standard InChI is InChI=1S/C11H12BrClN4O2/c1-3-7-9(12)8(16(2)15-7)5-17-4-6(13)10(18)14-11(17)19/h4H,3,5H2,1-2H3,(H,14,18,19). The van der Waals surface area contributed by atoms with Crippen molar-refractivity contribution in [3.63, 3.8) is 0 Å². The number of aryl methyl sites for hydroxylation is 2. The Kier molecular flexibility index (Phi) is 3.96. The monoisotopic (exact) mass is 346 g/mol. The molecule has 0 saturated heterocycles. The fourth-order valence-electron chi connectivity index (χ4n) is 1.75. The van der Waals surface area contributed by atoms with Gasteiger partial charge in [-0.15, -0.1) is 0 Å². The van der Waals surface area contributed by atoms with Gasteiger partial charge >= 0.3 is 5.69 Å². The van der Waals surface area contributed by atoms with Gasteiger partial charge in [0.05, 0.1) is 22.4 Å². The average Bonchev–Trinajstić information content (AvgIpc) is 2.63. The maximum absolute atomic E-state index is 11.7. The molecule has 102 valence electrons. The maximum atomic E-state index is 11.7. The van der Waals surface area contributed by atoms with Gasteiger partial charge in [0.2, 0.25) is 0 Å². The maximum Gasteiger partial charge on any atom is 0.328 e. The van der Waals surface area contributed by atoms with Gasteiger partial charge in [-0.25, -0.2) is 4.79 Å². The van der Waals surface area contributed by atoms with Crippen molar-refractivity contribution < 1.29 is 0 Å². The Labute approximate surface area is 122 Å². The minimum absolute atomic E-state index is 0.0198. The summed E-state index contributed by atoms with van der Waals surface area (Å²) in [7, 11) is 1.80. The van der Waals surface area contributed by atoms with Crippen molar-refractivity contribution in [1.29, 1.82) is 0 Å². The fourth-order valence-corrected chi connectivity index (χ4v) is 2.66. The summed E-state index contributed by atoms with van der Waals surface area (Å²) in [5.74, 6) is 0. The van der Waals surface area contributed by atoms with Gasteiger partial charge < -0.3 is 0 Å². The smallest absolute Gasteiger partial charge is 0.293 e. The van der Waals surface area contributed by atoms with E-state index in [0.717, 1.165) is 22.3 Å². The summed E-state index contributed by atoms with van der Waals surface area (Å²) in [5.41, 5.74) is 0.671. The summed E-state index contributed by atoms with van der Waals surface area (Å²) in [6, 6.07) is 0. The average molecular weight is 348 g/mol. The molecule has 8 heteroatoms. The molecule has 0 bridgehead atoms. The van der Waals surface area contributed by atoms with Gasteiger partial charge in [-0.05, 0) is 22.4 Å². The number of H-pyrrole nitrogens is 1. The van der Waals surface area contributed by atoms with E-state index in [1.165, 1.54) is 10.8 Å². The SMILES string of the molecule is CCc1nn(C)c(Cn2cc(Cl)c(=O)[nH]c2=O)c1Br. The molecule has 0 spiro atoms. The number of aromatic amines is 1. The molecule has 2 aromatic heterocycles. The van der Waals surface area contributed by atoms with E-state index in [-0.39, 0.29) is 11.6 Å². The summed E-state index contributed by atoms with van der Waals surface area (Å²) >= 11 is 9.20. The van der Waals surface area contributed by atoms with Gasteiger partial charge in [-0.3, -0.25) is 19.0 Å². The van der Waals surface area contributed by atoms with Crippen LogP contribution in [0.4, 0.5) is 0 Å². The van der Waals surface area contributed by atoms with E-state index in [0.29, 0.717) is 0 Å². The molecule has 0 atom stereocenters. The van der Waals surface area contributed by atoms with Crippen LogP contribution in [-0.4, -0.2) is 19.3 Å². The highest BCUT2D eigenvalue weighted by Crippen LogP contribution is 2.22. The molecular weight excluding hydrogens is 336 g/mol. The topological polar surface area (TPSA) is 72.7 Å². The highest BCUT2D eigenvalue weighted by molar-refractivity contribution is 9.10. The van der Waals surface area contributed by atoms with Crippen LogP contribution in [0.2, 0.25) is 5.02 Å². The van der Waals surface area contributed by atoms with Crippen LogP contribution in [0, 0.1) is 0 Å². The molecule has 0 amide bonds. The normalized spacial score (nSPS) is 10.9. The van der Waals surface area contributed by atoms with E-state index < -0.39 is 11.2 Å². The first kappa shape index (κ1) is 14.1. The molecule has 0 unspecified atom stereocenters. The number of halogens is 2. The van der Waals surface area contributed by atoms with E-state index in [9.17, 15) is 9.59 Å². The Hall–Kier alpha value is -1.34. The van der Waals surface area contributed by atoms with Crippen LogP contribution in [0.25, 0.3) is 0 Å². The molecule has 2 aromatic rings. The van der Waals surface area contributed by atoms with Crippen molar-refractivity contribution in [1.82, 2.24) is 19.3 Å². The summed E-state index contributed by atoms with van der Waals surface area (Å²) in [4.78, 5) is 25.1. The predicted octanol–water partition coefficient (Wildman–Crippen LogP) is 1.30. The zero-order valence-electron chi connectivity index (χ0n) is 10.4. The second kappa shape index (κ2) is 5.34. The number of nitrogens with one attached hydrogen (secondary N) is 1. The Morgan fingerprint density at radius 1 is 1.47 bits per heavy atom. The summed E-state index contributed by atoms with van der Waals surface area (Å²) in [6.07, 6.45) is 2.11. The third-order valence-corrected chi connectivity index (χ3v) is 3.98.